The lowest BCUT2D eigenvalue weighted by Crippen LogP contribution is -2.47. The molecule has 2 fully saturated rings. The Morgan fingerprint density at radius 3 is 2.32 bits per heavy atom. The van der Waals surface area contributed by atoms with Crippen LogP contribution in [0.15, 0.2) is 24.3 Å². The van der Waals surface area contributed by atoms with Gasteiger partial charge in [0, 0.05) is 31.9 Å². The Balaban J connectivity index is 1.45. The number of aryl methyl sites for hydroxylation is 1. The maximum Gasteiger partial charge on any atom is 0.238 e. The van der Waals surface area contributed by atoms with Crippen LogP contribution in [0.25, 0.3) is 0 Å². The second-order valence-electron chi connectivity index (χ2n) is 7.18. The summed E-state index contributed by atoms with van der Waals surface area (Å²) in [7, 11) is -1.41. The smallest absolute Gasteiger partial charge is 0.238 e. The summed E-state index contributed by atoms with van der Waals surface area (Å²) >= 11 is 0. The van der Waals surface area contributed by atoms with Crippen molar-refractivity contribution in [3.63, 3.8) is 0 Å². The average Bonchev–Trinajstić information content (AvgIpc) is 3.42. The monoisotopic (exact) mass is 365 g/mol. The first-order chi connectivity index (χ1) is 11.9. The van der Waals surface area contributed by atoms with Gasteiger partial charge in [-0.2, -0.15) is 0 Å². The first-order valence-corrected chi connectivity index (χ1v) is 10.4. The molecule has 1 saturated heterocycles. The van der Waals surface area contributed by atoms with Gasteiger partial charge in [-0.3, -0.25) is 9.69 Å². The largest absolute Gasteiger partial charge is 0.325 e. The van der Waals surface area contributed by atoms with E-state index < -0.39 is 10.0 Å². The minimum atomic E-state index is -3.11. The van der Waals surface area contributed by atoms with E-state index in [2.05, 4.69) is 10.2 Å². The molecule has 1 amide bonds. The van der Waals surface area contributed by atoms with Crippen LogP contribution < -0.4 is 5.32 Å². The highest BCUT2D eigenvalue weighted by Gasteiger charge is 2.41. The average molecular weight is 365 g/mol. The third-order valence-electron chi connectivity index (χ3n) is 5.12. The van der Waals surface area contributed by atoms with Crippen LogP contribution in [0, 0.1) is 6.92 Å². The second-order valence-corrected chi connectivity index (χ2v) is 9.45. The van der Waals surface area contributed by atoms with Gasteiger partial charge in [0.25, 0.3) is 0 Å². The topological polar surface area (TPSA) is 69.7 Å². The predicted molar refractivity (Wildman–Crippen MR) is 99.0 cm³/mol. The molecule has 0 atom stereocenters. The number of hydrogen-bond acceptors (Lipinski definition) is 4. The molecule has 0 aromatic heterocycles. The Kier molecular flexibility index (Phi) is 5.46. The van der Waals surface area contributed by atoms with E-state index in [4.69, 9.17) is 0 Å². The highest BCUT2D eigenvalue weighted by atomic mass is 32.2. The summed E-state index contributed by atoms with van der Waals surface area (Å²) in [5.41, 5.74) is 1.96. The third-order valence-corrected chi connectivity index (χ3v) is 7.54. The van der Waals surface area contributed by atoms with Gasteiger partial charge in [-0.1, -0.05) is 17.7 Å². The fourth-order valence-corrected chi connectivity index (χ4v) is 5.12. The van der Waals surface area contributed by atoms with Gasteiger partial charge in [0.05, 0.1) is 11.8 Å². The molecular formula is C18H27N3O3S. The fraction of sp³-hybridized carbons (Fsp3) is 0.611. The lowest BCUT2D eigenvalue weighted by Gasteiger charge is -2.35. The molecule has 1 aromatic rings. The van der Waals surface area contributed by atoms with E-state index >= 15 is 0 Å². The summed E-state index contributed by atoms with van der Waals surface area (Å²) < 4.78 is 26.2. The van der Waals surface area contributed by atoms with Gasteiger partial charge in [-0.05, 0) is 44.7 Å². The van der Waals surface area contributed by atoms with Crippen LogP contribution in [-0.4, -0.2) is 61.5 Å². The molecule has 138 valence electrons. The zero-order valence-electron chi connectivity index (χ0n) is 14.9. The number of rotatable bonds is 6. The summed E-state index contributed by atoms with van der Waals surface area (Å²) in [6, 6.07) is 7.80. The SMILES string of the molecule is Cc1ccc(NC(=O)CN2CCC(N(C)S(=O)(=O)C3CC3)CC2)cc1. The molecule has 6 nitrogen and oxygen atoms in total. The second kappa shape index (κ2) is 7.43. The molecule has 1 aromatic carbocycles. The molecule has 3 rings (SSSR count). The number of piperidine rings is 1. The van der Waals surface area contributed by atoms with Gasteiger partial charge in [-0.25, -0.2) is 12.7 Å². The molecule has 0 unspecified atom stereocenters. The third kappa shape index (κ3) is 4.59. The Morgan fingerprint density at radius 2 is 1.76 bits per heavy atom. The van der Waals surface area contributed by atoms with Crippen LogP contribution in [0.2, 0.25) is 0 Å². The molecule has 0 radical (unpaired) electrons. The van der Waals surface area contributed by atoms with Crippen molar-refractivity contribution < 1.29 is 13.2 Å². The molecule has 1 saturated carbocycles. The molecule has 1 aliphatic heterocycles. The van der Waals surface area contributed by atoms with Gasteiger partial charge in [-0.15, -0.1) is 0 Å². The standard InChI is InChI=1S/C18H27N3O3S/c1-14-3-5-15(6-4-14)19-18(22)13-21-11-9-16(10-12-21)20(2)25(23,24)17-7-8-17/h3-6,16-17H,7-13H2,1-2H3,(H,19,22). The molecule has 1 N–H and O–H groups in total. The van der Waals surface area contributed by atoms with E-state index in [1.54, 1.807) is 11.4 Å². The van der Waals surface area contributed by atoms with Crippen LogP contribution in [0.5, 0.6) is 0 Å². The number of nitrogens with zero attached hydrogens (tertiary/aromatic N) is 2. The number of carbonyl (C=O) groups is 1. The lowest BCUT2D eigenvalue weighted by molar-refractivity contribution is -0.117. The van der Waals surface area contributed by atoms with Gasteiger partial charge in [0.15, 0.2) is 0 Å². The van der Waals surface area contributed by atoms with Gasteiger partial charge in [0.2, 0.25) is 15.9 Å². The van der Waals surface area contributed by atoms with Crippen LogP contribution >= 0.6 is 0 Å². The van der Waals surface area contributed by atoms with Crippen molar-refractivity contribution in [2.75, 3.05) is 32.0 Å². The number of likely N-dealkylation sites (tertiary alicyclic amines) is 1. The maximum atomic E-state index is 12.3. The maximum absolute atomic E-state index is 12.3. The number of anilines is 1. The number of nitrogens with one attached hydrogen (secondary N) is 1. The van der Waals surface area contributed by atoms with Crippen LogP contribution in [0.1, 0.15) is 31.2 Å². The van der Waals surface area contributed by atoms with E-state index in [0.717, 1.165) is 50.0 Å². The molecule has 7 heteroatoms. The summed E-state index contributed by atoms with van der Waals surface area (Å²) in [6.45, 7) is 3.85. The Hall–Kier alpha value is -1.44. The first kappa shape index (κ1) is 18.4. The summed E-state index contributed by atoms with van der Waals surface area (Å²) in [5, 5.41) is 2.75. The molecule has 0 spiro atoms. The molecular weight excluding hydrogens is 338 g/mol. The van der Waals surface area contributed by atoms with E-state index in [-0.39, 0.29) is 17.2 Å². The van der Waals surface area contributed by atoms with Gasteiger partial charge in [0.1, 0.15) is 0 Å². The van der Waals surface area contributed by atoms with Crippen molar-refractivity contribution in [2.24, 2.45) is 0 Å². The fourth-order valence-electron chi connectivity index (χ4n) is 3.29. The highest BCUT2D eigenvalue weighted by molar-refractivity contribution is 7.90. The van der Waals surface area contributed by atoms with Crippen molar-refractivity contribution in [3.8, 4) is 0 Å². The molecule has 1 heterocycles. The zero-order chi connectivity index (χ0) is 18.0. The van der Waals surface area contributed by atoms with E-state index in [1.807, 2.05) is 31.2 Å². The number of amides is 1. The van der Waals surface area contributed by atoms with Gasteiger partial charge >= 0.3 is 0 Å². The normalized spacial score (nSPS) is 20.0. The zero-order valence-corrected chi connectivity index (χ0v) is 15.8. The number of benzene rings is 1. The quantitative estimate of drug-likeness (QED) is 0.835. The van der Waals surface area contributed by atoms with E-state index in [9.17, 15) is 13.2 Å². The van der Waals surface area contributed by atoms with Crippen LogP contribution in [0.4, 0.5) is 5.69 Å². The molecule has 0 bridgehead atoms. The van der Waals surface area contributed by atoms with Crippen molar-refractivity contribution >= 4 is 21.6 Å². The number of carbonyl (C=O) groups excluding carboxylic acids is 1. The Bertz CT molecular complexity index is 706. The summed E-state index contributed by atoms with van der Waals surface area (Å²) in [4.78, 5) is 14.3. The van der Waals surface area contributed by atoms with Gasteiger partial charge < -0.3 is 5.32 Å². The minimum Gasteiger partial charge on any atom is -0.325 e. The first-order valence-electron chi connectivity index (χ1n) is 8.92. The summed E-state index contributed by atoms with van der Waals surface area (Å²) in [5.74, 6) is -0.0266. The number of hydrogen-bond donors (Lipinski definition) is 1. The minimum absolute atomic E-state index is 0.0266. The van der Waals surface area contributed by atoms with Crippen molar-refractivity contribution in [2.45, 2.75) is 43.9 Å². The van der Waals surface area contributed by atoms with E-state index in [0.29, 0.717) is 6.54 Å². The Labute approximate surface area is 150 Å². The molecule has 25 heavy (non-hydrogen) atoms. The summed E-state index contributed by atoms with van der Waals surface area (Å²) in [6.07, 6.45) is 3.15. The van der Waals surface area contributed by atoms with Crippen molar-refractivity contribution in [1.82, 2.24) is 9.21 Å². The number of sulfonamides is 1. The van der Waals surface area contributed by atoms with Crippen molar-refractivity contribution in [3.05, 3.63) is 29.8 Å². The predicted octanol–water partition coefficient (Wildman–Crippen LogP) is 1.82. The van der Waals surface area contributed by atoms with E-state index in [1.165, 1.54) is 0 Å². The van der Waals surface area contributed by atoms with Crippen molar-refractivity contribution in [1.29, 1.82) is 0 Å². The highest BCUT2D eigenvalue weighted by Crippen LogP contribution is 2.32. The van der Waals surface area contributed by atoms with Crippen LogP contribution in [-0.2, 0) is 14.8 Å². The van der Waals surface area contributed by atoms with Crippen LogP contribution in [0.3, 0.4) is 0 Å². The lowest BCUT2D eigenvalue weighted by atomic mass is 10.1. The Morgan fingerprint density at radius 1 is 1.16 bits per heavy atom. The molecule has 2 aliphatic rings. The molecule has 1 aliphatic carbocycles.